The first kappa shape index (κ1) is 15.2. The molecule has 18 heavy (non-hydrogen) atoms. The van der Waals surface area contributed by atoms with E-state index in [2.05, 4.69) is 12.0 Å². The minimum absolute atomic E-state index is 0.667. The third-order valence-corrected chi connectivity index (χ3v) is 4.54. The molecule has 0 aromatic heterocycles. The van der Waals surface area contributed by atoms with Gasteiger partial charge in [-0.25, -0.2) is 5.09 Å². The lowest BCUT2D eigenvalue weighted by Gasteiger charge is -2.30. The predicted octanol–water partition coefficient (Wildman–Crippen LogP) is 3.28. The van der Waals surface area contributed by atoms with Crippen LogP contribution in [0.2, 0.25) is 0 Å². The van der Waals surface area contributed by atoms with Crippen molar-refractivity contribution >= 4 is 13.3 Å². The van der Waals surface area contributed by atoms with Gasteiger partial charge < -0.3 is 0 Å². The molecular formula is C13H24N3OP. The number of nitrogens with one attached hydrogen (secondary N) is 1. The molecule has 0 aliphatic rings. The van der Waals surface area contributed by atoms with Crippen molar-refractivity contribution in [2.45, 2.75) is 33.6 Å². The molecule has 1 aromatic carbocycles. The van der Waals surface area contributed by atoms with E-state index in [-0.39, 0.29) is 0 Å². The molecule has 0 aliphatic heterocycles. The lowest BCUT2D eigenvalue weighted by atomic mass is 10.2. The van der Waals surface area contributed by atoms with Crippen LogP contribution in [0.5, 0.6) is 0 Å². The van der Waals surface area contributed by atoms with Gasteiger partial charge in [0.25, 0.3) is 0 Å². The van der Waals surface area contributed by atoms with Gasteiger partial charge in [-0.3, -0.25) is 14.7 Å². The van der Waals surface area contributed by atoms with Crippen molar-refractivity contribution in [2.75, 3.05) is 17.8 Å². The second-order valence-corrected chi connectivity index (χ2v) is 6.53. The Balaban J connectivity index is 2.94. The zero-order valence-corrected chi connectivity index (χ0v) is 12.4. The van der Waals surface area contributed by atoms with E-state index in [0.717, 1.165) is 18.5 Å². The van der Waals surface area contributed by atoms with Gasteiger partial charge in [-0.1, -0.05) is 31.5 Å². The minimum Gasteiger partial charge on any atom is -0.300 e. The standard InChI is InChI=1S/C13H24N3OP/c1-4-10-15-18(14,17)16(11-5-2)13-8-6-12(3)7-9-13/h6-9H,4-5,10-11H2,1-3H3,(H3,14,15,17). The van der Waals surface area contributed by atoms with Crippen molar-refractivity contribution in [2.24, 2.45) is 5.50 Å². The first-order valence-corrected chi connectivity index (χ1v) is 8.22. The highest BCUT2D eigenvalue weighted by Crippen LogP contribution is 2.40. The Morgan fingerprint density at radius 1 is 1.22 bits per heavy atom. The number of anilines is 1. The molecule has 5 heteroatoms. The van der Waals surface area contributed by atoms with Gasteiger partial charge in [0.05, 0.1) is 0 Å². The van der Waals surface area contributed by atoms with Gasteiger partial charge in [-0.05, 0) is 31.9 Å². The number of rotatable bonds is 7. The van der Waals surface area contributed by atoms with E-state index < -0.39 is 7.59 Å². The quantitative estimate of drug-likeness (QED) is 0.746. The highest BCUT2D eigenvalue weighted by atomic mass is 31.2. The fourth-order valence-electron chi connectivity index (χ4n) is 1.74. The van der Waals surface area contributed by atoms with Crippen LogP contribution in [0.15, 0.2) is 24.3 Å². The summed E-state index contributed by atoms with van der Waals surface area (Å²) in [6.45, 7) is 7.47. The Morgan fingerprint density at radius 3 is 2.33 bits per heavy atom. The lowest BCUT2D eigenvalue weighted by molar-refractivity contribution is 0.560. The molecule has 0 fully saturated rings. The second-order valence-electron chi connectivity index (χ2n) is 4.49. The fraction of sp³-hybridized carbons (Fsp3) is 0.538. The normalized spacial score (nSPS) is 14.2. The number of hydrogen-bond donors (Lipinski definition) is 2. The van der Waals surface area contributed by atoms with E-state index in [4.69, 9.17) is 5.50 Å². The molecule has 1 atom stereocenters. The Labute approximate surface area is 110 Å². The van der Waals surface area contributed by atoms with Crippen molar-refractivity contribution in [3.05, 3.63) is 29.8 Å². The number of nitrogens with zero attached hydrogens (tertiary/aromatic N) is 1. The Morgan fingerprint density at radius 2 is 1.83 bits per heavy atom. The van der Waals surface area contributed by atoms with Crippen LogP contribution >= 0.6 is 7.59 Å². The van der Waals surface area contributed by atoms with Gasteiger partial charge in [0, 0.05) is 18.8 Å². The Hall–Kier alpha value is -0.830. The molecule has 0 spiro atoms. The SMILES string of the molecule is CCCNP(N)(=O)N(CCC)c1ccc(C)cc1. The van der Waals surface area contributed by atoms with E-state index in [1.165, 1.54) is 5.56 Å². The zero-order chi connectivity index (χ0) is 13.6. The van der Waals surface area contributed by atoms with Gasteiger partial charge in [0.15, 0.2) is 0 Å². The van der Waals surface area contributed by atoms with Crippen molar-refractivity contribution in [3.63, 3.8) is 0 Å². The average molecular weight is 269 g/mol. The molecule has 0 aliphatic carbocycles. The van der Waals surface area contributed by atoms with Crippen LogP contribution in [0.25, 0.3) is 0 Å². The summed E-state index contributed by atoms with van der Waals surface area (Å²) in [4.78, 5) is 0. The third-order valence-electron chi connectivity index (χ3n) is 2.71. The molecule has 4 nitrogen and oxygen atoms in total. The van der Waals surface area contributed by atoms with Crippen LogP contribution < -0.4 is 15.3 Å². The van der Waals surface area contributed by atoms with Gasteiger partial charge in [0.2, 0.25) is 0 Å². The first-order chi connectivity index (χ1) is 8.51. The van der Waals surface area contributed by atoms with Crippen LogP contribution in [0, 0.1) is 6.92 Å². The summed E-state index contributed by atoms with van der Waals surface area (Å²) in [5, 5.41) is 2.97. The minimum atomic E-state index is -2.99. The first-order valence-electron chi connectivity index (χ1n) is 6.49. The summed E-state index contributed by atoms with van der Waals surface area (Å²) in [6, 6.07) is 7.96. The Kier molecular flexibility index (Phi) is 5.86. The Bertz CT molecular complexity index is 405. The van der Waals surface area contributed by atoms with Crippen LogP contribution in [-0.4, -0.2) is 13.1 Å². The maximum atomic E-state index is 12.5. The van der Waals surface area contributed by atoms with Crippen LogP contribution in [0.3, 0.4) is 0 Å². The number of hydrogen-bond acceptors (Lipinski definition) is 1. The van der Waals surface area contributed by atoms with Crippen molar-refractivity contribution in [1.82, 2.24) is 5.09 Å². The molecule has 1 unspecified atom stereocenters. The molecular weight excluding hydrogens is 245 g/mol. The molecule has 1 rings (SSSR count). The summed E-state index contributed by atoms with van der Waals surface area (Å²) < 4.78 is 14.3. The monoisotopic (exact) mass is 269 g/mol. The third kappa shape index (κ3) is 4.13. The summed E-state index contributed by atoms with van der Waals surface area (Å²) in [6.07, 6.45) is 1.82. The van der Waals surface area contributed by atoms with Gasteiger partial charge >= 0.3 is 7.59 Å². The topological polar surface area (TPSA) is 58.4 Å². The van der Waals surface area contributed by atoms with Gasteiger partial charge in [0.1, 0.15) is 0 Å². The van der Waals surface area contributed by atoms with E-state index in [1.807, 2.05) is 38.1 Å². The number of benzene rings is 1. The highest BCUT2D eigenvalue weighted by molar-refractivity contribution is 7.61. The molecule has 1 aromatic rings. The van der Waals surface area contributed by atoms with Crippen molar-refractivity contribution < 1.29 is 4.57 Å². The van der Waals surface area contributed by atoms with Crippen LogP contribution in [-0.2, 0) is 4.57 Å². The van der Waals surface area contributed by atoms with E-state index in [9.17, 15) is 4.57 Å². The average Bonchev–Trinajstić information content (AvgIpc) is 2.35. The molecule has 0 radical (unpaired) electrons. The smallest absolute Gasteiger partial charge is 0.300 e. The van der Waals surface area contributed by atoms with Gasteiger partial charge in [-0.15, -0.1) is 0 Å². The van der Waals surface area contributed by atoms with E-state index >= 15 is 0 Å². The predicted molar refractivity (Wildman–Crippen MR) is 78.9 cm³/mol. The lowest BCUT2D eigenvalue weighted by Crippen LogP contribution is -2.33. The molecule has 0 amide bonds. The molecule has 0 saturated carbocycles. The number of aryl methyl sites for hydroxylation is 1. The molecule has 0 saturated heterocycles. The molecule has 3 N–H and O–H groups in total. The molecule has 0 bridgehead atoms. The maximum Gasteiger partial charge on any atom is 0.303 e. The summed E-state index contributed by atoms with van der Waals surface area (Å²) >= 11 is 0. The van der Waals surface area contributed by atoms with E-state index in [1.54, 1.807) is 4.67 Å². The largest absolute Gasteiger partial charge is 0.303 e. The number of nitrogens with two attached hydrogens (primary N) is 1. The fourth-order valence-corrected chi connectivity index (χ4v) is 3.42. The van der Waals surface area contributed by atoms with E-state index in [0.29, 0.717) is 13.1 Å². The summed E-state index contributed by atoms with van der Waals surface area (Å²) in [7, 11) is -2.99. The zero-order valence-electron chi connectivity index (χ0n) is 11.5. The highest BCUT2D eigenvalue weighted by Gasteiger charge is 2.24. The summed E-state index contributed by atoms with van der Waals surface area (Å²) in [5.41, 5.74) is 8.07. The summed E-state index contributed by atoms with van der Waals surface area (Å²) in [5.74, 6) is 0. The molecule has 102 valence electrons. The van der Waals surface area contributed by atoms with Crippen molar-refractivity contribution in [3.8, 4) is 0 Å². The molecule has 0 heterocycles. The van der Waals surface area contributed by atoms with Crippen molar-refractivity contribution in [1.29, 1.82) is 0 Å². The van der Waals surface area contributed by atoms with Crippen LogP contribution in [0.1, 0.15) is 32.3 Å². The van der Waals surface area contributed by atoms with Gasteiger partial charge in [-0.2, -0.15) is 0 Å². The maximum absolute atomic E-state index is 12.5. The van der Waals surface area contributed by atoms with Crippen LogP contribution in [0.4, 0.5) is 5.69 Å². The second kappa shape index (κ2) is 6.93.